The van der Waals surface area contributed by atoms with Gasteiger partial charge in [-0.25, -0.2) is 0 Å². The van der Waals surface area contributed by atoms with E-state index < -0.39 is 0 Å². The van der Waals surface area contributed by atoms with Crippen LogP contribution < -0.4 is 14.4 Å². The lowest BCUT2D eigenvalue weighted by Gasteiger charge is -2.36. The number of hydrogen-bond acceptors (Lipinski definition) is 6. The Morgan fingerprint density at radius 1 is 1.03 bits per heavy atom. The molecule has 0 unspecified atom stereocenters. The first-order valence-corrected chi connectivity index (χ1v) is 9.98. The summed E-state index contributed by atoms with van der Waals surface area (Å²) in [5.41, 5.74) is 1.88. The predicted molar refractivity (Wildman–Crippen MR) is 111 cm³/mol. The molecule has 0 saturated carbocycles. The minimum Gasteiger partial charge on any atom is -0.506 e. The van der Waals surface area contributed by atoms with E-state index in [1.165, 1.54) is 0 Å². The van der Waals surface area contributed by atoms with Gasteiger partial charge in [-0.1, -0.05) is 18.2 Å². The molecule has 0 aromatic heterocycles. The van der Waals surface area contributed by atoms with Crippen molar-refractivity contribution in [3.63, 3.8) is 0 Å². The Bertz CT molecular complexity index is 865. The number of nitrogens with zero attached hydrogens (tertiary/aromatic N) is 3. The molecule has 1 N–H and O–H groups in total. The number of para-hydroxylation sites is 2. The molecule has 0 spiro atoms. The lowest BCUT2D eigenvalue weighted by Crippen LogP contribution is -2.49. The Morgan fingerprint density at radius 2 is 1.76 bits per heavy atom. The van der Waals surface area contributed by atoms with E-state index in [0.29, 0.717) is 32.1 Å². The summed E-state index contributed by atoms with van der Waals surface area (Å²) >= 11 is 0. The first kappa shape index (κ1) is 19.4. The Kier molecular flexibility index (Phi) is 5.76. The number of fused-ring (bicyclic) bond motifs is 1. The molecule has 0 bridgehead atoms. The van der Waals surface area contributed by atoms with Gasteiger partial charge in [-0.15, -0.1) is 0 Å². The predicted octanol–water partition coefficient (Wildman–Crippen LogP) is 1.94. The van der Waals surface area contributed by atoms with Crippen LogP contribution in [0.2, 0.25) is 0 Å². The molecule has 2 aromatic carbocycles. The molecule has 2 aliphatic heterocycles. The summed E-state index contributed by atoms with van der Waals surface area (Å²) in [6.45, 7) is 5.21. The fourth-order valence-electron chi connectivity index (χ4n) is 3.74. The summed E-state index contributed by atoms with van der Waals surface area (Å²) in [4.78, 5) is 18.8. The third-order valence-corrected chi connectivity index (χ3v) is 5.41. The number of carbonyl (C=O) groups excluding carboxylic acids is 1. The maximum atomic E-state index is 12.7. The van der Waals surface area contributed by atoms with Crippen molar-refractivity contribution >= 4 is 11.6 Å². The van der Waals surface area contributed by atoms with Crippen LogP contribution in [-0.4, -0.2) is 73.8 Å². The number of phenols is 1. The van der Waals surface area contributed by atoms with Gasteiger partial charge in [0.1, 0.15) is 19.0 Å². The monoisotopic (exact) mass is 397 g/mol. The lowest BCUT2D eigenvalue weighted by molar-refractivity contribution is -0.131. The number of rotatable bonds is 5. The molecule has 2 heterocycles. The molecule has 0 atom stereocenters. The van der Waals surface area contributed by atoms with E-state index in [0.717, 1.165) is 48.9 Å². The number of likely N-dealkylation sites (N-methyl/N-ethyl adjacent to an activating group) is 1. The van der Waals surface area contributed by atoms with Crippen molar-refractivity contribution in [2.75, 3.05) is 57.9 Å². The first-order valence-electron chi connectivity index (χ1n) is 9.98. The number of aromatic hydroxyl groups is 1. The molecule has 1 amide bonds. The van der Waals surface area contributed by atoms with Crippen molar-refractivity contribution in [1.82, 2.24) is 9.80 Å². The van der Waals surface area contributed by atoms with Gasteiger partial charge in [0.05, 0.1) is 12.2 Å². The van der Waals surface area contributed by atoms with Crippen LogP contribution in [0, 0.1) is 0 Å². The summed E-state index contributed by atoms with van der Waals surface area (Å²) < 4.78 is 11.2. The van der Waals surface area contributed by atoms with Gasteiger partial charge in [-0.2, -0.15) is 0 Å². The van der Waals surface area contributed by atoms with Gasteiger partial charge in [0, 0.05) is 39.8 Å². The number of hydrogen-bond donors (Lipinski definition) is 1. The topological polar surface area (TPSA) is 65.5 Å². The molecule has 2 aliphatic rings. The standard InChI is InChI=1S/C22H27N3O4/c1-23(15-17-6-7-20-21(14-17)29-13-12-28-20)22(27)16-24-8-10-25(11-9-24)18-4-2-3-5-19(18)26/h2-7,14,26H,8-13,15-16H2,1H3. The van der Waals surface area contributed by atoms with Crippen LogP contribution in [0.3, 0.4) is 0 Å². The number of ether oxygens (including phenoxy) is 2. The van der Waals surface area contributed by atoms with Crippen LogP contribution in [0.4, 0.5) is 5.69 Å². The SMILES string of the molecule is CN(Cc1ccc2c(c1)OCCO2)C(=O)CN1CCN(c2ccccc2O)CC1. The van der Waals surface area contributed by atoms with E-state index in [9.17, 15) is 9.90 Å². The van der Waals surface area contributed by atoms with Crippen LogP contribution in [0.1, 0.15) is 5.56 Å². The highest BCUT2D eigenvalue weighted by molar-refractivity contribution is 5.78. The van der Waals surface area contributed by atoms with E-state index in [4.69, 9.17) is 9.47 Å². The Hall–Kier alpha value is -2.93. The normalized spacial score (nSPS) is 16.5. The number of anilines is 1. The molecule has 0 aliphatic carbocycles. The van der Waals surface area contributed by atoms with Gasteiger partial charge in [-0.05, 0) is 29.8 Å². The zero-order chi connectivity index (χ0) is 20.2. The zero-order valence-electron chi connectivity index (χ0n) is 16.7. The minimum absolute atomic E-state index is 0.0934. The van der Waals surface area contributed by atoms with E-state index >= 15 is 0 Å². The minimum atomic E-state index is 0.0934. The van der Waals surface area contributed by atoms with E-state index in [1.54, 1.807) is 11.0 Å². The average Bonchev–Trinajstić information content (AvgIpc) is 2.74. The van der Waals surface area contributed by atoms with Gasteiger partial charge in [0.15, 0.2) is 11.5 Å². The van der Waals surface area contributed by atoms with Gasteiger partial charge in [-0.3, -0.25) is 9.69 Å². The number of piperazine rings is 1. The number of benzene rings is 2. The molecule has 7 nitrogen and oxygen atoms in total. The van der Waals surface area contributed by atoms with E-state index in [2.05, 4.69) is 9.80 Å². The molecule has 1 fully saturated rings. The molecule has 29 heavy (non-hydrogen) atoms. The average molecular weight is 397 g/mol. The van der Waals surface area contributed by atoms with Crippen molar-refractivity contribution in [1.29, 1.82) is 0 Å². The summed E-state index contributed by atoms with van der Waals surface area (Å²) in [5.74, 6) is 1.90. The summed E-state index contributed by atoms with van der Waals surface area (Å²) in [6, 6.07) is 13.2. The van der Waals surface area contributed by atoms with Crippen LogP contribution in [0.5, 0.6) is 17.2 Å². The maximum Gasteiger partial charge on any atom is 0.236 e. The van der Waals surface area contributed by atoms with Crippen molar-refractivity contribution in [2.24, 2.45) is 0 Å². The largest absolute Gasteiger partial charge is 0.506 e. The molecular weight excluding hydrogens is 370 g/mol. The van der Waals surface area contributed by atoms with Crippen molar-refractivity contribution in [2.45, 2.75) is 6.54 Å². The zero-order valence-corrected chi connectivity index (χ0v) is 16.7. The molecule has 4 rings (SSSR count). The van der Waals surface area contributed by atoms with Crippen molar-refractivity contribution < 1.29 is 19.4 Å². The highest BCUT2D eigenvalue weighted by Gasteiger charge is 2.22. The third-order valence-electron chi connectivity index (χ3n) is 5.41. The molecule has 2 aromatic rings. The van der Waals surface area contributed by atoms with Gasteiger partial charge in [0.2, 0.25) is 5.91 Å². The van der Waals surface area contributed by atoms with Gasteiger partial charge >= 0.3 is 0 Å². The fourth-order valence-corrected chi connectivity index (χ4v) is 3.74. The Morgan fingerprint density at radius 3 is 2.52 bits per heavy atom. The fraction of sp³-hybridized carbons (Fsp3) is 0.409. The van der Waals surface area contributed by atoms with Crippen LogP contribution in [0.15, 0.2) is 42.5 Å². The highest BCUT2D eigenvalue weighted by atomic mass is 16.6. The second-order valence-corrected chi connectivity index (χ2v) is 7.48. The number of carbonyl (C=O) groups is 1. The molecule has 154 valence electrons. The second kappa shape index (κ2) is 8.61. The molecule has 7 heteroatoms. The number of amides is 1. The van der Waals surface area contributed by atoms with Crippen LogP contribution in [0.25, 0.3) is 0 Å². The lowest BCUT2D eigenvalue weighted by atomic mass is 10.2. The quantitative estimate of drug-likeness (QED) is 0.832. The highest BCUT2D eigenvalue weighted by Crippen LogP contribution is 2.31. The Labute approximate surface area is 171 Å². The number of phenolic OH excluding ortho intramolecular Hbond substituents is 1. The van der Waals surface area contributed by atoms with Crippen LogP contribution in [-0.2, 0) is 11.3 Å². The molecule has 1 saturated heterocycles. The van der Waals surface area contributed by atoms with Gasteiger partial charge < -0.3 is 24.4 Å². The van der Waals surface area contributed by atoms with Gasteiger partial charge in [0.25, 0.3) is 0 Å². The molecular formula is C22H27N3O4. The smallest absolute Gasteiger partial charge is 0.236 e. The third kappa shape index (κ3) is 4.56. The molecule has 0 radical (unpaired) electrons. The first-order chi connectivity index (χ1) is 14.1. The Balaban J connectivity index is 1.28. The second-order valence-electron chi connectivity index (χ2n) is 7.48. The van der Waals surface area contributed by atoms with Crippen molar-refractivity contribution in [3.05, 3.63) is 48.0 Å². The van der Waals surface area contributed by atoms with Crippen molar-refractivity contribution in [3.8, 4) is 17.2 Å². The summed E-state index contributed by atoms with van der Waals surface area (Å²) in [7, 11) is 1.83. The van der Waals surface area contributed by atoms with E-state index in [1.807, 2.05) is 43.4 Å². The van der Waals surface area contributed by atoms with Crippen LogP contribution >= 0.6 is 0 Å². The summed E-state index contributed by atoms with van der Waals surface area (Å²) in [5, 5.41) is 10.0. The summed E-state index contributed by atoms with van der Waals surface area (Å²) in [6.07, 6.45) is 0. The maximum absolute atomic E-state index is 12.7. The van der Waals surface area contributed by atoms with E-state index in [-0.39, 0.29) is 5.91 Å².